The molecule has 2 N–H and O–H groups in total. The fourth-order valence-electron chi connectivity index (χ4n) is 10.4. The molecule has 0 radical (unpaired) electrons. The number of rotatable bonds is 58. The van der Waals surface area contributed by atoms with Gasteiger partial charge in [0.2, 0.25) is 5.91 Å². The lowest BCUT2D eigenvalue weighted by atomic mass is 9.97. The van der Waals surface area contributed by atoms with Crippen molar-refractivity contribution in [3.63, 3.8) is 0 Å². The van der Waals surface area contributed by atoms with Crippen LogP contribution in [0.1, 0.15) is 284 Å². The highest BCUT2D eigenvalue weighted by Crippen LogP contribution is 2.31. The van der Waals surface area contributed by atoms with Crippen molar-refractivity contribution < 1.29 is 52.2 Å². The van der Waals surface area contributed by atoms with Crippen LogP contribution in [-0.4, -0.2) is 127 Å². The van der Waals surface area contributed by atoms with E-state index in [-0.39, 0.29) is 24.5 Å². The fourth-order valence-corrected chi connectivity index (χ4v) is 10.4. The maximum Gasteiger partial charge on any atom is 0.251 e. The molecular weight excluding hydrogens is 1020 g/mol. The van der Waals surface area contributed by atoms with Crippen LogP contribution < -0.4 is 15.4 Å². The minimum atomic E-state index is -0.795. The van der Waals surface area contributed by atoms with Crippen molar-refractivity contribution in [3.8, 4) is 5.75 Å². The predicted molar refractivity (Wildman–Crippen MR) is 333 cm³/mol. The Kier molecular flexibility index (Phi) is 49.0. The van der Waals surface area contributed by atoms with Gasteiger partial charge in [-0.15, -0.1) is 0 Å². The third-order valence-electron chi connectivity index (χ3n) is 15.7. The molecule has 13 nitrogen and oxygen atoms in total. The van der Waals surface area contributed by atoms with E-state index in [1.165, 1.54) is 77.0 Å². The molecule has 2 unspecified atom stereocenters. The van der Waals surface area contributed by atoms with Crippen molar-refractivity contribution in [1.82, 2.24) is 10.6 Å². The van der Waals surface area contributed by atoms with E-state index in [0.29, 0.717) is 64.8 Å². The number of nitrogens with one attached hydrogen (secondary N) is 2. The molecule has 8 atom stereocenters. The first-order valence-electron chi connectivity index (χ1n) is 34.0. The highest BCUT2D eigenvalue weighted by atomic mass is 16.7. The molecule has 13 heteroatoms. The normalized spacial score (nSPS) is 18.4. The van der Waals surface area contributed by atoms with Crippen LogP contribution in [0.15, 0.2) is 24.3 Å². The van der Waals surface area contributed by atoms with Crippen LogP contribution in [0.4, 0.5) is 0 Å². The van der Waals surface area contributed by atoms with Gasteiger partial charge in [0.15, 0.2) is 6.29 Å². The third kappa shape index (κ3) is 36.3. The van der Waals surface area contributed by atoms with Gasteiger partial charge in [-0.25, -0.2) is 0 Å². The van der Waals surface area contributed by atoms with Crippen molar-refractivity contribution >= 4 is 11.8 Å². The van der Waals surface area contributed by atoms with Gasteiger partial charge in [-0.05, 0) is 82.1 Å². The Balaban J connectivity index is 2.29. The van der Waals surface area contributed by atoms with Crippen LogP contribution in [0, 0.1) is 0 Å². The van der Waals surface area contributed by atoms with Gasteiger partial charge in [-0.3, -0.25) is 9.59 Å². The van der Waals surface area contributed by atoms with Gasteiger partial charge >= 0.3 is 0 Å². The van der Waals surface area contributed by atoms with Crippen LogP contribution in [0.3, 0.4) is 0 Å². The summed E-state index contributed by atoms with van der Waals surface area (Å²) in [6, 6.07) is 6.72. The summed E-state index contributed by atoms with van der Waals surface area (Å²) in [5.41, 5.74) is 0.650. The van der Waals surface area contributed by atoms with Crippen molar-refractivity contribution in [3.05, 3.63) is 29.8 Å². The molecule has 1 aromatic rings. The van der Waals surface area contributed by atoms with Gasteiger partial charge in [0.05, 0.1) is 32.5 Å². The number of benzene rings is 1. The van der Waals surface area contributed by atoms with Crippen LogP contribution in [0.25, 0.3) is 0 Å². The zero-order valence-corrected chi connectivity index (χ0v) is 53.5. The number of methoxy groups -OCH3 is 1. The molecule has 0 saturated carbocycles. The van der Waals surface area contributed by atoms with E-state index in [0.717, 1.165) is 147 Å². The molecular formula is C68H126N2O11. The Labute approximate surface area is 496 Å². The largest absolute Gasteiger partial charge is 0.497 e. The molecule has 1 fully saturated rings. The first kappa shape index (κ1) is 74.7. The lowest BCUT2D eigenvalue weighted by Crippen LogP contribution is -2.63. The maximum atomic E-state index is 14.3. The summed E-state index contributed by atoms with van der Waals surface area (Å²) in [5.74, 6) is 0.711. The smallest absolute Gasteiger partial charge is 0.251 e. The summed E-state index contributed by atoms with van der Waals surface area (Å²) >= 11 is 0. The van der Waals surface area contributed by atoms with Crippen LogP contribution in [0.5, 0.6) is 5.75 Å². The molecule has 474 valence electrons. The molecule has 0 bridgehead atoms. The zero-order valence-electron chi connectivity index (χ0n) is 53.5. The SMILES string of the molecule is CCCCCCCCCCCCCC[C@@H](OCCCC)[C@@H](OCCCC)[C@H](CO[C@H]1OC(COCCCC)[C@H](OCCCC)[C@H](OCCCC)C1OCCCC)NC(=O)CCCCCCCCCCCNC(=O)c1ccc(OC)cc1. The fraction of sp³-hybridized carbons (Fsp3) is 0.882. The Morgan fingerprint density at radius 1 is 0.494 bits per heavy atom. The lowest BCUT2D eigenvalue weighted by Gasteiger charge is -2.46. The average molecular weight is 1150 g/mol. The second-order valence-electron chi connectivity index (χ2n) is 23.1. The standard InChI is InChI=1S/C68H126N2O11/c1-9-16-23-24-25-26-27-28-30-33-36-39-42-60(75-50-18-11-3)63(76-51-19-12-4)59(70-62(71)43-40-37-34-31-29-32-35-38-41-48-69-67(72)57-44-46-58(73-8)47-45-57)55-80-68-66(79-54-22-15-7)65(78-53-21-14-6)64(77-52-20-13-5)61(81-68)56-74-49-17-10-2/h44-47,59-61,63-66,68H,9-43,48-56H2,1-8H3,(H,69,72)(H,70,71)/t59-,60+,61?,63-,64-,65-,66?,68-/m0/s1. The first-order chi connectivity index (χ1) is 39.8. The molecule has 1 aliphatic heterocycles. The highest BCUT2D eigenvalue weighted by Gasteiger charge is 2.49. The molecule has 0 aliphatic carbocycles. The second-order valence-corrected chi connectivity index (χ2v) is 23.1. The summed E-state index contributed by atoms with van der Waals surface area (Å²) in [7, 11) is 1.62. The summed E-state index contributed by atoms with van der Waals surface area (Å²) in [5, 5.41) is 6.55. The summed E-state index contributed by atoms with van der Waals surface area (Å²) in [6.07, 6.45) is 34.8. The van der Waals surface area contributed by atoms with Gasteiger partial charge in [-0.1, -0.05) is 209 Å². The number of hydrogen-bond donors (Lipinski definition) is 2. The number of carbonyl (C=O) groups excluding carboxylic acids is 2. The monoisotopic (exact) mass is 1150 g/mol. The summed E-state index contributed by atoms with van der Waals surface area (Å²) in [6.45, 7) is 20.2. The lowest BCUT2D eigenvalue weighted by molar-refractivity contribution is -0.325. The molecule has 1 aromatic carbocycles. The molecule has 1 heterocycles. The third-order valence-corrected chi connectivity index (χ3v) is 15.7. The quantitative estimate of drug-likeness (QED) is 0.0602. The van der Waals surface area contributed by atoms with Crippen molar-refractivity contribution in [2.75, 3.05) is 66.5 Å². The van der Waals surface area contributed by atoms with Crippen molar-refractivity contribution in [1.29, 1.82) is 0 Å². The minimum absolute atomic E-state index is 0.0112. The Bertz CT molecular complexity index is 1560. The molecule has 0 spiro atoms. The van der Waals surface area contributed by atoms with Crippen LogP contribution in [0.2, 0.25) is 0 Å². The van der Waals surface area contributed by atoms with E-state index < -0.39 is 42.9 Å². The summed E-state index contributed by atoms with van der Waals surface area (Å²) in [4.78, 5) is 26.8. The van der Waals surface area contributed by atoms with Gasteiger partial charge in [0.1, 0.15) is 36.3 Å². The Morgan fingerprint density at radius 3 is 1.52 bits per heavy atom. The van der Waals surface area contributed by atoms with Crippen LogP contribution in [-0.2, 0) is 42.7 Å². The number of ether oxygens (including phenoxy) is 9. The van der Waals surface area contributed by atoms with Gasteiger partial charge in [0.25, 0.3) is 5.91 Å². The van der Waals surface area contributed by atoms with Gasteiger partial charge in [0, 0.05) is 58.2 Å². The van der Waals surface area contributed by atoms with E-state index in [2.05, 4.69) is 59.1 Å². The number of unbranched alkanes of at least 4 members (excludes halogenated alkanes) is 25. The highest BCUT2D eigenvalue weighted by molar-refractivity contribution is 5.94. The van der Waals surface area contributed by atoms with E-state index in [4.69, 9.17) is 42.6 Å². The summed E-state index contributed by atoms with van der Waals surface area (Å²) < 4.78 is 59.8. The number of hydrogen-bond acceptors (Lipinski definition) is 11. The molecule has 2 amide bonds. The van der Waals surface area contributed by atoms with Gasteiger partial charge < -0.3 is 53.3 Å². The van der Waals surface area contributed by atoms with E-state index in [1.54, 1.807) is 19.2 Å². The Hall–Kier alpha value is -2.36. The molecule has 81 heavy (non-hydrogen) atoms. The minimum Gasteiger partial charge on any atom is -0.497 e. The van der Waals surface area contributed by atoms with Crippen molar-refractivity contribution in [2.45, 2.75) is 322 Å². The van der Waals surface area contributed by atoms with Crippen molar-refractivity contribution in [2.24, 2.45) is 0 Å². The molecule has 1 saturated heterocycles. The number of carbonyl (C=O) groups is 2. The Morgan fingerprint density at radius 2 is 0.963 bits per heavy atom. The average Bonchev–Trinajstić information content (AvgIpc) is 3.64. The second kappa shape index (κ2) is 53.1. The maximum absolute atomic E-state index is 14.3. The van der Waals surface area contributed by atoms with E-state index in [9.17, 15) is 9.59 Å². The molecule has 1 aliphatic rings. The van der Waals surface area contributed by atoms with Crippen LogP contribution >= 0.6 is 0 Å². The van der Waals surface area contributed by atoms with Gasteiger partial charge in [-0.2, -0.15) is 0 Å². The molecule has 2 rings (SSSR count). The first-order valence-corrected chi connectivity index (χ1v) is 34.0. The topological polar surface area (TPSA) is 141 Å². The predicted octanol–water partition coefficient (Wildman–Crippen LogP) is 16.4. The van der Waals surface area contributed by atoms with E-state index in [1.807, 2.05) is 12.1 Å². The number of amides is 2. The zero-order chi connectivity index (χ0) is 58.6. The van der Waals surface area contributed by atoms with E-state index >= 15 is 0 Å². The molecule has 0 aromatic heterocycles.